The topological polar surface area (TPSA) is 65.3 Å². The SMILES string of the molecule is Cc1cc([N+](=O)[O-])c(OC(F)(F)F)nc1I. The summed E-state index contributed by atoms with van der Waals surface area (Å²) in [6, 6.07) is 0.982. The second kappa shape index (κ2) is 4.39. The largest absolute Gasteiger partial charge is 0.574 e. The lowest BCUT2D eigenvalue weighted by Gasteiger charge is -2.09. The molecule has 0 aliphatic heterocycles. The molecular weight excluding hydrogens is 344 g/mol. The van der Waals surface area contributed by atoms with Crippen LogP contribution in [0.2, 0.25) is 0 Å². The van der Waals surface area contributed by atoms with Crippen molar-refractivity contribution >= 4 is 28.3 Å². The Morgan fingerprint density at radius 2 is 2.12 bits per heavy atom. The van der Waals surface area contributed by atoms with Gasteiger partial charge in [0.1, 0.15) is 3.70 Å². The number of ether oxygens (including phenoxy) is 1. The van der Waals surface area contributed by atoms with Crippen molar-refractivity contribution in [1.29, 1.82) is 0 Å². The van der Waals surface area contributed by atoms with Gasteiger partial charge in [-0.2, -0.15) is 0 Å². The average Bonchev–Trinajstić information content (AvgIpc) is 2.07. The van der Waals surface area contributed by atoms with E-state index in [1.165, 1.54) is 6.92 Å². The highest BCUT2D eigenvalue weighted by atomic mass is 127. The molecule has 0 bridgehead atoms. The van der Waals surface area contributed by atoms with Crippen LogP contribution < -0.4 is 4.74 Å². The molecule has 0 aliphatic rings. The molecule has 0 aliphatic carbocycles. The fraction of sp³-hybridized carbons (Fsp3) is 0.286. The van der Waals surface area contributed by atoms with E-state index in [0.29, 0.717) is 5.56 Å². The first-order valence-corrected chi connectivity index (χ1v) is 4.86. The Hall–Kier alpha value is -1.13. The van der Waals surface area contributed by atoms with Gasteiger partial charge in [-0.3, -0.25) is 10.1 Å². The molecule has 1 heterocycles. The van der Waals surface area contributed by atoms with Gasteiger partial charge in [0.2, 0.25) is 0 Å². The number of rotatable bonds is 2. The van der Waals surface area contributed by atoms with Crippen LogP contribution in [0.4, 0.5) is 18.9 Å². The smallest absolute Gasteiger partial charge is 0.381 e. The maximum atomic E-state index is 11.9. The summed E-state index contributed by atoms with van der Waals surface area (Å²) in [5.74, 6) is -1.05. The zero-order valence-corrected chi connectivity index (χ0v) is 9.87. The number of aryl methyl sites for hydroxylation is 1. The van der Waals surface area contributed by atoms with Crippen molar-refractivity contribution in [1.82, 2.24) is 4.98 Å². The molecular formula is C7H4F3IN2O3. The van der Waals surface area contributed by atoms with Gasteiger partial charge < -0.3 is 4.74 Å². The van der Waals surface area contributed by atoms with Gasteiger partial charge in [0.15, 0.2) is 0 Å². The second-order valence-corrected chi connectivity index (χ2v) is 3.75. The molecule has 0 saturated heterocycles. The molecule has 0 N–H and O–H groups in total. The third-order valence-corrected chi connectivity index (χ3v) is 2.60. The lowest BCUT2D eigenvalue weighted by Crippen LogP contribution is -2.19. The molecule has 9 heteroatoms. The van der Waals surface area contributed by atoms with Crippen LogP contribution in [-0.4, -0.2) is 16.3 Å². The highest BCUT2D eigenvalue weighted by Gasteiger charge is 2.35. The van der Waals surface area contributed by atoms with Crippen molar-refractivity contribution in [3.8, 4) is 5.88 Å². The predicted octanol–water partition coefficient (Wildman–Crippen LogP) is 2.80. The van der Waals surface area contributed by atoms with Gasteiger partial charge >= 0.3 is 17.9 Å². The van der Waals surface area contributed by atoms with Crippen molar-refractivity contribution in [2.24, 2.45) is 0 Å². The summed E-state index contributed by atoms with van der Waals surface area (Å²) in [5.41, 5.74) is -0.405. The minimum Gasteiger partial charge on any atom is -0.381 e. The van der Waals surface area contributed by atoms with E-state index in [1.54, 1.807) is 22.6 Å². The quantitative estimate of drug-likeness (QED) is 0.357. The van der Waals surface area contributed by atoms with Crippen LogP contribution in [-0.2, 0) is 0 Å². The van der Waals surface area contributed by atoms with Crippen molar-refractivity contribution in [3.05, 3.63) is 25.4 Å². The number of halogens is 4. The molecule has 88 valence electrons. The van der Waals surface area contributed by atoms with E-state index in [0.717, 1.165) is 6.07 Å². The zero-order valence-electron chi connectivity index (χ0n) is 7.71. The third kappa shape index (κ3) is 3.18. The normalized spacial score (nSPS) is 11.3. The molecule has 5 nitrogen and oxygen atoms in total. The van der Waals surface area contributed by atoms with Crippen LogP contribution in [0.3, 0.4) is 0 Å². The van der Waals surface area contributed by atoms with E-state index in [9.17, 15) is 23.3 Å². The van der Waals surface area contributed by atoms with E-state index in [2.05, 4.69) is 9.72 Å². The number of hydrogen-bond donors (Lipinski definition) is 0. The molecule has 1 aromatic heterocycles. The highest BCUT2D eigenvalue weighted by molar-refractivity contribution is 14.1. The van der Waals surface area contributed by atoms with E-state index < -0.39 is 22.9 Å². The average molecular weight is 348 g/mol. The summed E-state index contributed by atoms with van der Waals surface area (Å²) >= 11 is 1.66. The van der Waals surface area contributed by atoms with E-state index in [4.69, 9.17) is 0 Å². The summed E-state index contributed by atoms with van der Waals surface area (Å²) in [6.07, 6.45) is -5.00. The number of hydrogen-bond acceptors (Lipinski definition) is 4. The summed E-state index contributed by atoms with van der Waals surface area (Å²) in [7, 11) is 0. The minimum atomic E-state index is -5.00. The fourth-order valence-electron chi connectivity index (χ4n) is 0.876. The number of nitro groups is 1. The molecule has 1 rings (SSSR count). The molecule has 0 saturated carbocycles. The van der Waals surface area contributed by atoms with Crippen molar-refractivity contribution in [2.75, 3.05) is 0 Å². The van der Waals surface area contributed by atoms with Crippen LogP contribution in [0.1, 0.15) is 5.56 Å². The standard InChI is InChI=1S/C7H4F3IN2O3/c1-3-2-4(13(14)15)6(12-5(3)11)16-7(8,9)10/h2H,1H3. The van der Waals surface area contributed by atoms with Gasteiger partial charge in [0.05, 0.1) is 4.92 Å². The van der Waals surface area contributed by atoms with Crippen LogP contribution in [0.5, 0.6) is 5.88 Å². The van der Waals surface area contributed by atoms with E-state index in [1.807, 2.05) is 0 Å². The minimum absolute atomic E-state index is 0.211. The molecule has 0 atom stereocenters. The lowest BCUT2D eigenvalue weighted by molar-refractivity contribution is -0.389. The Labute approximate surface area is 101 Å². The summed E-state index contributed by atoms with van der Waals surface area (Å²) in [4.78, 5) is 12.9. The molecule has 0 radical (unpaired) electrons. The fourth-order valence-corrected chi connectivity index (χ4v) is 1.25. The molecule has 1 aromatic rings. The second-order valence-electron chi connectivity index (χ2n) is 2.73. The first-order chi connectivity index (χ1) is 7.20. The van der Waals surface area contributed by atoms with Gasteiger partial charge in [0.25, 0.3) is 0 Å². The number of alkyl halides is 3. The van der Waals surface area contributed by atoms with E-state index >= 15 is 0 Å². The Kier molecular flexibility index (Phi) is 3.55. The maximum absolute atomic E-state index is 11.9. The molecule has 0 spiro atoms. The molecule has 0 unspecified atom stereocenters. The van der Waals surface area contributed by atoms with Gasteiger partial charge in [0, 0.05) is 6.07 Å². The van der Waals surface area contributed by atoms with Crippen LogP contribution in [0.15, 0.2) is 6.07 Å². The monoisotopic (exact) mass is 348 g/mol. The first kappa shape index (κ1) is 12.9. The summed E-state index contributed by atoms with van der Waals surface area (Å²) in [6.45, 7) is 1.50. The first-order valence-electron chi connectivity index (χ1n) is 3.78. The van der Waals surface area contributed by atoms with Crippen molar-refractivity contribution < 1.29 is 22.8 Å². The number of pyridine rings is 1. The van der Waals surface area contributed by atoms with Crippen LogP contribution in [0.25, 0.3) is 0 Å². The summed E-state index contributed by atoms with van der Waals surface area (Å²) < 4.78 is 39.5. The van der Waals surface area contributed by atoms with Crippen LogP contribution in [0, 0.1) is 20.7 Å². The molecule has 0 amide bonds. The number of aromatic nitrogens is 1. The molecule has 16 heavy (non-hydrogen) atoms. The molecule has 0 fully saturated rings. The summed E-state index contributed by atoms with van der Waals surface area (Å²) in [5, 5.41) is 10.5. The Morgan fingerprint density at radius 1 is 1.56 bits per heavy atom. The lowest BCUT2D eigenvalue weighted by atomic mass is 10.3. The van der Waals surface area contributed by atoms with Gasteiger partial charge in [-0.25, -0.2) is 4.98 Å². The predicted molar refractivity (Wildman–Crippen MR) is 55.0 cm³/mol. The Bertz CT molecular complexity index is 436. The van der Waals surface area contributed by atoms with Gasteiger partial charge in [-0.1, -0.05) is 0 Å². The van der Waals surface area contributed by atoms with Gasteiger partial charge in [-0.05, 0) is 35.1 Å². The van der Waals surface area contributed by atoms with Crippen molar-refractivity contribution in [3.63, 3.8) is 0 Å². The highest BCUT2D eigenvalue weighted by Crippen LogP contribution is 2.31. The molecule has 0 aromatic carbocycles. The Balaban J connectivity index is 3.25. The number of nitrogens with zero attached hydrogens (tertiary/aromatic N) is 2. The van der Waals surface area contributed by atoms with Gasteiger partial charge in [-0.15, -0.1) is 13.2 Å². The maximum Gasteiger partial charge on any atom is 0.574 e. The van der Waals surface area contributed by atoms with Crippen molar-refractivity contribution in [2.45, 2.75) is 13.3 Å². The van der Waals surface area contributed by atoms with Crippen LogP contribution >= 0.6 is 22.6 Å². The zero-order chi connectivity index (χ0) is 12.5. The third-order valence-electron chi connectivity index (χ3n) is 1.51. The van der Waals surface area contributed by atoms with E-state index in [-0.39, 0.29) is 3.70 Å². The Morgan fingerprint density at radius 3 is 2.56 bits per heavy atom.